The van der Waals surface area contributed by atoms with Crippen molar-refractivity contribution in [1.82, 2.24) is 0 Å². The molecule has 0 aliphatic carbocycles. The molecule has 0 aromatic carbocycles. The van der Waals surface area contributed by atoms with Crippen LogP contribution in [0.5, 0.6) is 0 Å². The molecule has 0 bridgehead atoms. The van der Waals surface area contributed by atoms with E-state index in [2.05, 4.69) is 0 Å². The predicted octanol–water partition coefficient (Wildman–Crippen LogP) is 0.420. The molecule has 0 heterocycles. The van der Waals surface area contributed by atoms with Gasteiger partial charge in [-0.2, -0.15) is 0 Å². The molecule has 9 heavy (non-hydrogen) atoms. The van der Waals surface area contributed by atoms with Crippen molar-refractivity contribution in [3.63, 3.8) is 0 Å². The van der Waals surface area contributed by atoms with Gasteiger partial charge in [-0.3, -0.25) is 0 Å². The second-order valence-electron chi connectivity index (χ2n) is 0.840. The van der Waals surface area contributed by atoms with Crippen LogP contribution in [0.25, 0.3) is 0 Å². The van der Waals surface area contributed by atoms with Gasteiger partial charge in [0.05, 0.1) is 10.1 Å². The van der Waals surface area contributed by atoms with E-state index in [0.29, 0.717) is 6.26 Å². The fourth-order valence-corrected chi connectivity index (χ4v) is 0. The Labute approximate surface area is 57.8 Å². The van der Waals surface area contributed by atoms with E-state index in [1.165, 1.54) is 0 Å². The molecule has 0 aromatic rings. The van der Waals surface area contributed by atoms with E-state index in [4.69, 9.17) is 13.0 Å². The summed E-state index contributed by atoms with van der Waals surface area (Å²) in [7, 11) is -3.92. The Morgan fingerprint density at radius 1 is 1.33 bits per heavy atom. The molecule has 0 unspecified atom stereocenters. The Balaban J connectivity index is 0. The third kappa shape index (κ3) is 2580. The third-order valence-electron chi connectivity index (χ3n) is 0. The van der Waals surface area contributed by atoms with Crippen LogP contribution in [0.3, 0.4) is 0 Å². The van der Waals surface area contributed by atoms with E-state index in [-0.39, 0.29) is 0 Å². The van der Waals surface area contributed by atoms with Crippen molar-refractivity contribution < 1.29 is 40.9 Å². The first-order valence-corrected chi connectivity index (χ1v) is 4.85. The summed E-state index contributed by atoms with van der Waals surface area (Å²) < 4.78 is 56.6. The van der Waals surface area contributed by atoms with Gasteiger partial charge in [0.25, 0.3) is 0 Å². The van der Waals surface area contributed by atoms with Crippen LogP contribution in [0, 0.1) is 0 Å². The topological polar surface area (TPSA) is 57.2 Å². The van der Waals surface area contributed by atoms with Crippen LogP contribution < -0.4 is 0 Å². The molecule has 0 amide bonds. The van der Waals surface area contributed by atoms with Crippen molar-refractivity contribution in [3.05, 3.63) is 0 Å². The Morgan fingerprint density at radius 2 is 1.33 bits per heavy atom. The zero-order valence-corrected chi connectivity index (χ0v) is 6.45. The van der Waals surface area contributed by atoms with Crippen molar-refractivity contribution in [2.24, 2.45) is 0 Å². The monoisotopic (exact) mass is 258 g/mol. The number of rotatable bonds is 0. The van der Waals surface area contributed by atoms with E-state index in [9.17, 15) is 9.67 Å². The fraction of sp³-hybridized carbons (Fsp3) is 1.00. The predicted molar refractivity (Wildman–Crippen MR) is 18.9 cm³/mol. The van der Waals surface area contributed by atoms with Gasteiger partial charge in [-0.05, 0) is 0 Å². The SMILES string of the molecule is CS(=O)(=O)[O-].[F][Pd-]([F])[F]. The van der Waals surface area contributed by atoms with Crippen LogP contribution in [0.2, 0.25) is 0 Å². The van der Waals surface area contributed by atoms with Gasteiger partial charge in [-0.25, -0.2) is 8.42 Å². The second kappa shape index (κ2) is 5.17. The minimum atomic E-state index is -4.48. The molecule has 0 aromatic heterocycles. The third-order valence-corrected chi connectivity index (χ3v) is 0. The summed E-state index contributed by atoms with van der Waals surface area (Å²) in [5.41, 5.74) is 0. The summed E-state index contributed by atoms with van der Waals surface area (Å²) in [5.74, 6) is 0. The first-order chi connectivity index (χ1) is 3.73. The van der Waals surface area contributed by atoms with Crippen LogP contribution in [-0.2, 0) is 28.4 Å². The summed E-state index contributed by atoms with van der Waals surface area (Å²) in [6.07, 6.45) is 0.604. The fourth-order valence-electron chi connectivity index (χ4n) is 0. The number of hydrogen-bond donors (Lipinski definition) is 0. The van der Waals surface area contributed by atoms with Gasteiger partial charge < -0.3 is 4.55 Å². The molecule has 0 saturated carbocycles. The Bertz CT molecular complexity index is 130. The van der Waals surface area contributed by atoms with Gasteiger partial charge in [0, 0.05) is 6.26 Å². The second-order valence-corrected chi connectivity index (χ2v) is 2.91. The van der Waals surface area contributed by atoms with Crippen LogP contribution in [0.1, 0.15) is 0 Å². The number of halogens is 3. The average molecular weight is 259 g/mol. The van der Waals surface area contributed by atoms with Gasteiger partial charge >= 0.3 is 28.0 Å². The van der Waals surface area contributed by atoms with E-state index in [0.717, 1.165) is 0 Å². The van der Waals surface area contributed by atoms with Gasteiger partial charge in [-0.15, -0.1) is 0 Å². The maximum atomic E-state index is 9.78. The van der Waals surface area contributed by atoms with E-state index >= 15 is 0 Å². The first-order valence-electron chi connectivity index (χ1n) is 1.27. The van der Waals surface area contributed by atoms with Gasteiger partial charge in [0.1, 0.15) is 0 Å². The molecule has 3 nitrogen and oxygen atoms in total. The summed E-state index contributed by atoms with van der Waals surface area (Å²) in [6, 6.07) is 0. The normalized spacial score (nSPS) is 11.4. The molecule has 0 N–H and O–H groups in total. The van der Waals surface area contributed by atoms with Crippen molar-refractivity contribution in [1.29, 1.82) is 0 Å². The molecule has 0 rings (SSSR count). The van der Waals surface area contributed by atoms with E-state index in [1.54, 1.807) is 0 Å². The Kier molecular flexibility index (Phi) is 6.94. The van der Waals surface area contributed by atoms with E-state index < -0.39 is 28.4 Å². The summed E-state index contributed by atoms with van der Waals surface area (Å²) in [6.45, 7) is 0. The van der Waals surface area contributed by atoms with Crippen molar-refractivity contribution in [3.8, 4) is 0 Å². The zero-order valence-electron chi connectivity index (χ0n) is 4.08. The molecule has 0 atom stereocenters. The average Bonchev–Trinajstić information content (AvgIpc) is 1.19. The maximum absolute atomic E-state index is 9.78. The first kappa shape index (κ1) is 12.1. The quantitative estimate of drug-likeness (QED) is 0.467. The van der Waals surface area contributed by atoms with Crippen LogP contribution in [0.4, 0.5) is 9.67 Å². The van der Waals surface area contributed by atoms with Crippen LogP contribution in [0.15, 0.2) is 0 Å². The minimum absolute atomic E-state index is 0.604. The van der Waals surface area contributed by atoms with Crippen LogP contribution >= 0.6 is 0 Å². The molecule has 0 saturated heterocycles. The Hall–Kier alpha value is 0.362. The van der Waals surface area contributed by atoms with Gasteiger partial charge in [-0.1, -0.05) is 0 Å². The number of hydrogen-bond acceptors (Lipinski definition) is 3. The summed E-state index contributed by atoms with van der Waals surface area (Å²) in [4.78, 5) is 0. The van der Waals surface area contributed by atoms with Crippen LogP contribution in [-0.4, -0.2) is 19.2 Å². The molecule has 0 fully saturated rings. The summed E-state index contributed by atoms with van der Waals surface area (Å²) in [5, 5.41) is 0. The van der Waals surface area contributed by atoms with Crippen molar-refractivity contribution in [2.75, 3.05) is 6.26 Å². The molecule has 0 aliphatic rings. The molecule has 0 spiro atoms. The standard InChI is InChI=1S/CH4O3S.3FH.Pd/c1-5(2,3)4;;;;/h1H3,(H,2,3,4);3*1H;/q;;;;+2/p-4. The van der Waals surface area contributed by atoms with Gasteiger partial charge in [0.2, 0.25) is 0 Å². The Morgan fingerprint density at radius 3 is 1.33 bits per heavy atom. The zero-order chi connectivity index (χ0) is 8.08. The van der Waals surface area contributed by atoms with Crippen molar-refractivity contribution in [2.45, 2.75) is 0 Å². The molecular formula is CH3F3O3PdS-2. The molecule has 0 radical (unpaired) electrons. The van der Waals surface area contributed by atoms with Gasteiger partial charge in [0.15, 0.2) is 0 Å². The molecule has 8 heteroatoms. The van der Waals surface area contributed by atoms with Crippen molar-refractivity contribution >= 4 is 10.1 Å². The van der Waals surface area contributed by atoms with E-state index in [1.807, 2.05) is 0 Å². The molecule has 0 aliphatic heterocycles. The molecule has 64 valence electrons. The summed E-state index contributed by atoms with van der Waals surface area (Å²) >= 11 is -4.48. The molecular weight excluding hydrogens is 255 g/mol.